The third kappa shape index (κ3) is 3.71. The van der Waals surface area contributed by atoms with E-state index in [0.29, 0.717) is 10.6 Å². The van der Waals surface area contributed by atoms with Crippen LogP contribution >= 0.6 is 11.6 Å². The third-order valence-electron chi connectivity index (χ3n) is 3.71. The second-order valence-corrected chi connectivity index (χ2v) is 7.56. The highest BCUT2D eigenvalue weighted by atomic mass is 35.5. The van der Waals surface area contributed by atoms with Gasteiger partial charge >= 0.3 is 5.97 Å². The van der Waals surface area contributed by atoms with E-state index in [2.05, 4.69) is 0 Å². The van der Waals surface area contributed by atoms with Crippen molar-refractivity contribution < 1.29 is 18.3 Å². The Morgan fingerprint density at radius 3 is 2.33 bits per heavy atom. The molecule has 0 unspecified atom stereocenters. The van der Waals surface area contributed by atoms with E-state index in [0.717, 1.165) is 16.3 Å². The van der Waals surface area contributed by atoms with Crippen LogP contribution in [0.4, 0.5) is 5.69 Å². The predicted molar refractivity (Wildman–Crippen MR) is 94.2 cm³/mol. The average Bonchev–Trinajstić information content (AvgIpc) is 2.55. The molecule has 0 saturated heterocycles. The molecule has 0 aliphatic rings. The molecule has 128 valence electrons. The van der Waals surface area contributed by atoms with Crippen LogP contribution in [-0.4, -0.2) is 26.0 Å². The highest BCUT2D eigenvalue weighted by Crippen LogP contribution is 2.30. The molecule has 2 rings (SSSR count). The number of halogens is 1. The van der Waals surface area contributed by atoms with Gasteiger partial charge in [-0.05, 0) is 48.7 Å². The van der Waals surface area contributed by atoms with E-state index in [1.54, 1.807) is 37.3 Å². The SMILES string of the molecule is CCc1ccc(S(=O)(=O)N(CC(=O)O)c2cccc(Cl)c2C)cc1. The summed E-state index contributed by atoms with van der Waals surface area (Å²) in [5.74, 6) is -1.25. The van der Waals surface area contributed by atoms with Gasteiger partial charge in [-0.3, -0.25) is 9.10 Å². The van der Waals surface area contributed by atoms with Gasteiger partial charge in [-0.1, -0.05) is 36.7 Å². The zero-order valence-electron chi connectivity index (χ0n) is 13.4. The Morgan fingerprint density at radius 2 is 1.79 bits per heavy atom. The standard InChI is InChI=1S/C17H18ClNO4S/c1-3-13-7-9-14(10-8-13)24(22,23)19(11-17(20)21)16-6-4-5-15(18)12(16)2/h4-10H,3,11H2,1-2H3,(H,20,21). The second-order valence-electron chi connectivity index (χ2n) is 5.29. The average molecular weight is 368 g/mol. The summed E-state index contributed by atoms with van der Waals surface area (Å²) in [7, 11) is -4.02. The number of benzene rings is 2. The van der Waals surface area contributed by atoms with Gasteiger partial charge in [0.25, 0.3) is 10.0 Å². The van der Waals surface area contributed by atoms with E-state index < -0.39 is 22.5 Å². The van der Waals surface area contributed by atoms with Crippen LogP contribution < -0.4 is 4.31 Å². The normalized spacial score (nSPS) is 11.3. The number of carboxylic acid groups (broad SMARTS) is 1. The molecule has 7 heteroatoms. The van der Waals surface area contributed by atoms with Crippen LogP contribution in [0.25, 0.3) is 0 Å². The number of anilines is 1. The van der Waals surface area contributed by atoms with Crippen molar-refractivity contribution >= 4 is 33.3 Å². The van der Waals surface area contributed by atoms with Gasteiger partial charge in [0.15, 0.2) is 0 Å². The van der Waals surface area contributed by atoms with Crippen LogP contribution in [0.1, 0.15) is 18.1 Å². The molecule has 0 saturated carbocycles. The minimum atomic E-state index is -4.02. The minimum Gasteiger partial charge on any atom is -0.480 e. The number of nitrogens with zero attached hydrogens (tertiary/aromatic N) is 1. The summed E-state index contributed by atoms with van der Waals surface area (Å²) in [5, 5.41) is 9.53. The molecule has 0 fully saturated rings. The van der Waals surface area contributed by atoms with Crippen LogP contribution in [0.3, 0.4) is 0 Å². The maximum atomic E-state index is 13.0. The summed E-state index contributed by atoms with van der Waals surface area (Å²) < 4.78 is 26.8. The molecule has 0 radical (unpaired) electrons. The topological polar surface area (TPSA) is 74.7 Å². The minimum absolute atomic E-state index is 0.0420. The first-order valence-corrected chi connectivity index (χ1v) is 9.17. The molecule has 24 heavy (non-hydrogen) atoms. The molecular formula is C17H18ClNO4S. The maximum Gasteiger partial charge on any atom is 0.324 e. The zero-order chi connectivity index (χ0) is 17.9. The lowest BCUT2D eigenvalue weighted by Crippen LogP contribution is -2.36. The summed E-state index contributed by atoms with van der Waals surface area (Å²) in [6.45, 7) is 2.94. The van der Waals surface area contributed by atoms with Crippen LogP contribution in [0, 0.1) is 6.92 Å². The molecule has 0 atom stereocenters. The lowest BCUT2D eigenvalue weighted by molar-refractivity contribution is -0.135. The van der Waals surface area contributed by atoms with E-state index in [1.165, 1.54) is 12.1 Å². The van der Waals surface area contributed by atoms with Crippen molar-refractivity contribution in [2.24, 2.45) is 0 Å². The Kier molecular flexibility index (Phi) is 5.51. The number of sulfonamides is 1. The fraction of sp³-hybridized carbons (Fsp3) is 0.235. The third-order valence-corrected chi connectivity index (χ3v) is 5.89. The van der Waals surface area contributed by atoms with Gasteiger partial charge in [-0.15, -0.1) is 0 Å². The fourth-order valence-corrected chi connectivity index (χ4v) is 3.95. The van der Waals surface area contributed by atoms with Gasteiger partial charge in [0, 0.05) is 5.02 Å². The van der Waals surface area contributed by atoms with Crippen LogP contribution in [-0.2, 0) is 21.2 Å². The zero-order valence-corrected chi connectivity index (χ0v) is 14.9. The molecule has 0 bridgehead atoms. The van der Waals surface area contributed by atoms with Gasteiger partial charge < -0.3 is 5.11 Å². The smallest absolute Gasteiger partial charge is 0.324 e. The van der Waals surface area contributed by atoms with E-state index >= 15 is 0 Å². The van der Waals surface area contributed by atoms with Crippen LogP contribution in [0.2, 0.25) is 5.02 Å². The molecule has 5 nitrogen and oxygen atoms in total. The highest BCUT2D eigenvalue weighted by molar-refractivity contribution is 7.92. The molecule has 2 aromatic carbocycles. The van der Waals surface area contributed by atoms with Gasteiger partial charge in [0.2, 0.25) is 0 Å². The number of hydrogen-bond donors (Lipinski definition) is 1. The van der Waals surface area contributed by atoms with Gasteiger partial charge in [-0.25, -0.2) is 8.42 Å². The number of hydrogen-bond acceptors (Lipinski definition) is 3. The van der Waals surface area contributed by atoms with Crippen LogP contribution in [0.5, 0.6) is 0 Å². The molecule has 0 amide bonds. The number of rotatable bonds is 6. The Labute approximate surface area is 146 Å². The summed E-state index contributed by atoms with van der Waals surface area (Å²) in [4.78, 5) is 11.3. The first-order chi connectivity index (χ1) is 11.3. The molecule has 0 spiro atoms. The van der Waals surface area contributed by atoms with Gasteiger partial charge in [0.1, 0.15) is 6.54 Å². The van der Waals surface area contributed by atoms with Crippen LogP contribution in [0.15, 0.2) is 47.4 Å². The van der Waals surface area contributed by atoms with Crippen molar-refractivity contribution in [1.82, 2.24) is 0 Å². The first kappa shape index (κ1) is 18.3. The van der Waals surface area contributed by atoms with Gasteiger partial charge in [0.05, 0.1) is 10.6 Å². The molecule has 2 aromatic rings. The lowest BCUT2D eigenvalue weighted by Gasteiger charge is -2.24. The van der Waals surface area contributed by atoms with Crippen molar-refractivity contribution in [2.45, 2.75) is 25.2 Å². The van der Waals surface area contributed by atoms with E-state index in [4.69, 9.17) is 16.7 Å². The van der Waals surface area contributed by atoms with Crippen molar-refractivity contribution in [2.75, 3.05) is 10.8 Å². The Morgan fingerprint density at radius 1 is 1.17 bits per heavy atom. The summed E-state index contributed by atoms with van der Waals surface area (Å²) >= 11 is 6.06. The number of carboxylic acids is 1. The maximum absolute atomic E-state index is 13.0. The van der Waals surface area contributed by atoms with Crippen molar-refractivity contribution in [1.29, 1.82) is 0 Å². The summed E-state index contributed by atoms with van der Waals surface area (Å²) in [6.07, 6.45) is 0.784. The monoisotopic (exact) mass is 367 g/mol. The van der Waals surface area contributed by atoms with Crippen molar-refractivity contribution in [3.05, 3.63) is 58.6 Å². The Bertz CT molecular complexity index is 847. The van der Waals surface area contributed by atoms with E-state index in [1.807, 2.05) is 6.92 Å². The summed E-state index contributed by atoms with van der Waals surface area (Å²) in [6, 6.07) is 11.2. The fourth-order valence-electron chi connectivity index (χ4n) is 2.31. The summed E-state index contributed by atoms with van der Waals surface area (Å²) in [5.41, 5.74) is 1.76. The Hall–Kier alpha value is -2.05. The lowest BCUT2D eigenvalue weighted by atomic mass is 10.2. The molecular weight excluding hydrogens is 350 g/mol. The van der Waals surface area contributed by atoms with Crippen molar-refractivity contribution in [3.8, 4) is 0 Å². The molecule has 1 N–H and O–H groups in total. The number of carbonyl (C=O) groups is 1. The highest BCUT2D eigenvalue weighted by Gasteiger charge is 2.28. The van der Waals surface area contributed by atoms with E-state index in [-0.39, 0.29) is 10.6 Å². The molecule has 0 heterocycles. The molecule has 0 aromatic heterocycles. The first-order valence-electron chi connectivity index (χ1n) is 7.36. The molecule has 0 aliphatic carbocycles. The Balaban J connectivity index is 2.57. The van der Waals surface area contributed by atoms with E-state index in [9.17, 15) is 13.2 Å². The van der Waals surface area contributed by atoms with Crippen molar-refractivity contribution in [3.63, 3.8) is 0 Å². The largest absolute Gasteiger partial charge is 0.480 e. The molecule has 0 aliphatic heterocycles. The number of aliphatic carboxylic acids is 1. The predicted octanol–water partition coefficient (Wildman–Crippen LogP) is 3.49. The quantitative estimate of drug-likeness (QED) is 0.848. The van der Waals surface area contributed by atoms with Gasteiger partial charge in [-0.2, -0.15) is 0 Å². The number of aryl methyl sites for hydroxylation is 1. The second kappa shape index (κ2) is 7.23.